The van der Waals surface area contributed by atoms with E-state index in [2.05, 4.69) is 30.2 Å². The van der Waals surface area contributed by atoms with Gasteiger partial charge < -0.3 is 11.1 Å². The number of carbonyl (C=O) groups excluding carboxylic acids is 1. The average molecular weight is 263 g/mol. The molecule has 0 aliphatic carbocycles. The number of nitrogens with one attached hydrogen (secondary N) is 1. The van der Waals surface area contributed by atoms with E-state index in [4.69, 9.17) is 5.73 Å². The molecule has 2 unspecified atom stereocenters. The van der Waals surface area contributed by atoms with E-state index >= 15 is 0 Å². The van der Waals surface area contributed by atoms with Crippen molar-refractivity contribution in [1.82, 2.24) is 10.3 Å². The van der Waals surface area contributed by atoms with Gasteiger partial charge in [0.25, 0.3) is 0 Å². The molecule has 19 heavy (non-hydrogen) atoms. The van der Waals surface area contributed by atoms with Gasteiger partial charge in [-0.3, -0.25) is 9.78 Å². The van der Waals surface area contributed by atoms with Crippen LogP contribution < -0.4 is 11.1 Å². The van der Waals surface area contributed by atoms with Gasteiger partial charge in [0.15, 0.2) is 0 Å². The zero-order valence-electron chi connectivity index (χ0n) is 12.1. The summed E-state index contributed by atoms with van der Waals surface area (Å²) in [5.74, 6) is 0.831. The molecule has 106 valence electrons. The molecular weight excluding hydrogens is 238 g/mol. The van der Waals surface area contributed by atoms with E-state index in [1.807, 2.05) is 19.2 Å². The zero-order chi connectivity index (χ0) is 14.3. The molecule has 4 nitrogen and oxygen atoms in total. The van der Waals surface area contributed by atoms with Crippen molar-refractivity contribution in [1.29, 1.82) is 0 Å². The van der Waals surface area contributed by atoms with Crippen molar-refractivity contribution in [3.63, 3.8) is 0 Å². The van der Waals surface area contributed by atoms with Crippen LogP contribution in [0.3, 0.4) is 0 Å². The molecule has 3 N–H and O–H groups in total. The molecule has 0 aromatic carbocycles. The first-order valence-corrected chi connectivity index (χ1v) is 6.93. The van der Waals surface area contributed by atoms with E-state index < -0.39 is 0 Å². The normalized spacial score (nSPS) is 14.2. The van der Waals surface area contributed by atoms with Crippen molar-refractivity contribution in [3.05, 3.63) is 30.1 Å². The fourth-order valence-electron chi connectivity index (χ4n) is 2.00. The Hall–Kier alpha value is -1.42. The lowest BCUT2D eigenvalue weighted by atomic mass is 9.89. The molecule has 0 saturated carbocycles. The summed E-state index contributed by atoms with van der Waals surface area (Å²) in [5.41, 5.74) is 6.82. The number of amides is 1. The van der Waals surface area contributed by atoms with Crippen LogP contribution in [0, 0.1) is 5.92 Å². The molecule has 0 fully saturated rings. The molecule has 0 radical (unpaired) electrons. The monoisotopic (exact) mass is 263 g/mol. The van der Waals surface area contributed by atoms with Gasteiger partial charge in [0, 0.05) is 37.3 Å². The summed E-state index contributed by atoms with van der Waals surface area (Å²) in [5, 5.41) is 3.00. The van der Waals surface area contributed by atoms with Gasteiger partial charge in [0.2, 0.25) is 5.91 Å². The van der Waals surface area contributed by atoms with Gasteiger partial charge in [-0.2, -0.15) is 0 Å². The van der Waals surface area contributed by atoms with E-state index in [1.165, 1.54) is 5.56 Å². The molecule has 4 heteroatoms. The fourth-order valence-corrected chi connectivity index (χ4v) is 2.00. The highest BCUT2D eigenvalue weighted by atomic mass is 16.1. The number of carbonyl (C=O) groups is 1. The summed E-state index contributed by atoms with van der Waals surface area (Å²) in [7, 11) is 0. The van der Waals surface area contributed by atoms with Gasteiger partial charge in [-0.1, -0.05) is 19.9 Å². The molecule has 0 saturated heterocycles. The van der Waals surface area contributed by atoms with E-state index in [1.54, 1.807) is 6.20 Å². The molecule has 0 aliphatic rings. The molecule has 0 aliphatic heterocycles. The highest BCUT2D eigenvalue weighted by Gasteiger charge is 2.16. The largest absolute Gasteiger partial charge is 0.355 e. The highest BCUT2D eigenvalue weighted by molar-refractivity contribution is 5.75. The molecule has 1 aromatic rings. The summed E-state index contributed by atoms with van der Waals surface area (Å²) in [6, 6.07) is 4.07. The van der Waals surface area contributed by atoms with Crippen molar-refractivity contribution < 1.29 is 4.79 Å². The molecule has 1 amide bonds. The molecule has 1 aromatic heterocycles. The molecule has 0 bridgehead atoms. The Bertz CT molecular complexity index is 376. The van der Waals surface area contributed by atoms with Crippen LogP contribution in [-0.2, 0) is 4.79 Å². The quantitative estimate of drug-likeness (QED) is 0.791. The predicted molar refractivity (Wildman–Crippen MR) is 77.7 cm³/mol. The Morgan fingerprint density at radius 3 is 2.68 bits per heavy atom. The van der Waals surface area contributed by atoms with Crippen LogP contribution in [0.15, 0.2) is 24.5 Å². The first-order chi connectivity index (χ1) is 9.00. The lowest BCUT2D eigenvalue weighted by Gasteiger charge is -2.21. The number of hydrogen-bond donors (Lipinski definition) is 2. The van der Waals surface area contributed by atoms with Crippen LogP contribution in [0.5, 0.6) is 0 Å². The number of rotatable bonds is 7. The third kappa shape index (κ3) is 5.83. The van der Waals surface area contributed by atoms with Crippen molar-refractivity contribution in [2.24, 2.45) is 11.7 Å². The molecule has 1 heterocycles. The van der Waals surface area contributed by atoms with Crippen LogP contribution in [0.4, 0.5) is 0 Å². The lowest BCUT2D eigenvalue weighted by molar-refractivity contribution is -0.121. The maximum atomic E-state index is 11.7. The SMILES string of the molecule is CC(N)CCC(=O)NCC(c1cccnc1)C(C)C. The topological polar surface area (TPSA) is 68.0 Å². The third-order valence-electron chi connectivity index (χ3n) is 3.26. The number of pyridine rings is 1. The van der Waals surface area contributed by atoms with E-state index in [0.717, 1.165) is 6.42 Å². The summed E-state index contributed by atoms with van der Waals surface area (Å²) in [6.07, 6.45) is 4.86. The fraction of sp³-hybridized carbons (Fsp3) is 0.600. The lowest BCUT2D eigenvalue weighted by Crippen LogP contribution is -2.31. The van der Waals surface area contributed by atoms with Crippen LogP contribution in [0.2, 0.25) is 0 Å². The maximum absolute atomic E-state index is 11.7. The van der Waals surface area contributed by atoms with E-state index in [-0.39, 0.29) is 11.9 Å². The summed E-state index contributed by atoms with van der Waals surface area (Å²) in [6.45, 7) is 6.89. The number of nitrogens with zero attached hydrogens (tertiary/aromatic N) is 1. The number of hydrogen-bond acceptors (Lipinski definition) is 3. The second-order valence-electron chi connectivity index (χ2n) is 5.46. The van der Waals surface area contributed by atoms with Crippen molar-refractivity contribution >= 4 is 5.91 Å². The summed E-state index contributed by atoms with van der Waals surface area (Å²) < 4.78 is 0. The Morgan fingerprint density at radius 1 is 1.42 bits per heavy atom. The van der Waals surface area contributed by atoms with Gasteiger partial charge in [0.1, 0.15) is 0 Å². The van der Waals surface area contributed by atoms with Gasteiger partial charge in [0.05, 0.1) is 0 Å². The average Bonchev–Trinajstić information content (AvgIpc) is 2.37. The minimum Gasteiger partial charge on any atom is -0.355 e. The number of aromatic nitrogens is 1. The van der Waals surface area contributed by atoms with Crippen LogP contribution in [-0.4, -0.2) is 23.5 Å². The molecule has 2 atom stereocenters. The van der Waals surface area contributed by atoms with Gasteiger partial charge in [-0.05, 0) is 30.9 Å². The van der Waals surface area contributed by atoms with E-state index in [0.29, 0.717) is 24.8 Å². The number of nitrogens with two attached hydrogens (primary N) is 1. The molecule has 0 spiro atoms. The molecule has 1 rings (SSSR count). The smallest absolute Gasteiger partial charge is 0.220 e. The van der Waals surface area contributed by atoms with Crippen LogP contribution >= 0.6 is 0 Å². The predicted octanol–water partition coefficient (Wildman–Crippen LogP) is 2.06. The van der Waals surface area contributed by atoms with E-state index in [9.17, 15) is 4.79 Å². The molecular formula is C15H25N3O. The van der Waals surface area contributed by atoms with Crippen molar-refractivity contribution in [2.75, 3.05) is 6.54 Å². The second kappa shape index (κ2) is 7.89. The summed E-state index contributed by atoms with van der Waals surface area (Å²) in [4.78, 5) is 15.9. The Kier molecular flexibility index (Phi) is 6.50. The van der Waals surface area contributed by atoms with Gasteiger partial charge in [-0.15, -0.1) is 0 Å². The van der Waals surface area contributed by atoms with Crippen molar-refractivity contribution in [2.45, 2.75) is 45.6 Å². The highest BCUT2D eigenvalue weighted by Crippen LogP contribution is 2.22. The first-order valence-electron chi connectivity index (χ1n) is 6.93. The standard InChI is InChI=1S/C15H25N3O/c1-11(2)14(13-5-4-8-17-9-13)10-18-15(19)7-6-12(3)16/h4-5,8-9,11-12,14H,6-7,10,16H2,1-3H3,(H,18,19). The van der Waals surface area contributed by atoms with Gasteiger partial charge in [-0.25, -0.2) is 0 Å². The van der Waals surface area contributed by atoms with Crippen LogP contribution in [0.25, 0.3) is 0 Å². The Balaban J connectivity index is 2.49. The third-order valence-corrected chi connectivity index (χ3v) is 3.26. The summed E-state index contributed by atoms with van der Waals surface area (Å²) >= 11 is 0. The maximum Gasteiger partial charge on any atom is 0.220 e. The van der Waals surface area contributed by atoms with Crippen molar-refractivity contribution in [3.8, 4) is 0 Å². The Labute approximate surface area is 115 Å². The Morgan fingerprint density at radius 2 is 2.16 bits per heavy atom. The first kappa shape index (κ1) is 15.6. The van der Waals surface area contributed by atoms with Gasteiger partial charge >= 0.3 is 0 Å². The second-order valence-corrected chi connectivity index (χ2v) is 5.46. The zero-order valence-corrected chi connectivity index (χ0v) is 12.1. The minimum atomic E-state index is 0.0740. The minimum absolute atomic E-state index is 0.0740. The van der Waals surface area contributed by atoms with Crippen LogP contribution in [0.1, 0.15) is 45.1 Å².